The average molecular weight is 279 g/mol. The van der Waals surface area contributed by atoms with Gasteiger partial charge in [-0.25, -0.2) is 0 Å². The molecule has 78 valence electrons. The van der Waals surface area contributed by atoms with Gasteiger partial charge in [-0.15, -0.1) is 5.56 Å². The SMILES string of the molecule is CC/C=C\COCc1[c-]cccc1.[Br-].[Mg+2]. The van der Waals surface area contributed by atoms with E-state index in [0.29, 0.717) is 13.2 Å². The number of ether oxygens (including phenoxy) is 1. The summed E-state index contributed by atoms with van der Waals surface area (Å²) in [4.78, 5) is 0. The van der Waals surface area contributed by atoms with Crippen molar-refractivity contribution in [3.05, 3.63) is 48.0 Å². The van der Waals surface area contributed by atoms with Crippen molar-refractivity contribution in [1.82, 2.24) is 0 Å². The molecule has 0 amide bonds. The normalized spacial score (nSPS) is 9.40. The molecule has 0 aliphatic heterocycles. The van der Waals surface area contributed by atoms with Gasteiger partial charge in [0, 0.05) is 6.61 Å². The molecule has 0 aromatic heterocycles. The van der Waals surface area contributed by atoms with E-state index in [1.165, 1.54) is 0 Å². The Kier molecular flexibility index (Phi) is 14.3. The minimum absolute atomic E-state index is 0. The second-order valence-electron chi connectivity index (χ2n) is 2.78. The summed E-state index contributed by atoms with van der Waals surface area (Å²) in [7, 11) is 0. The first-order valence-electron chi connectivity index (χ1n) is 4.62. The molecule has 0 unspecified atom stereocenters. The molecule has 1 aromatic carbocycles. The van der Waals surface area contributed by atoms with Crippen molar-refractivity contribution in [3.63, 3.8) is 0 Å². The Morgan fingerprint density at radius 2 is 2.13 bits per heavy atom. The summed E-state index contributed by atoms with van der Waals surface area (Å²) in [5.74, 6) is 0. The van der Waals surface area contributed by atoms with Crippen LogP contribution in [0.15, 0.2) is 36.4 Å². The van der Waals surface area contributed by atoms with Gasteiger partial charge in [0.2, 0.25) is 0 Å². The molecule has 0 atom stereocenters. The Bertz CT molecular complexity index is 249. The van der Waals surface area contributed by atoms with Crippen LogP contribution in [-0.2, 0) is 11.3 Å². The third-order valence-electron chi connectivity index (χ3n) is 1.65. The van der Waals surface area contributed by atoms with Gasteiger partial charge >= 0.3 is 23.1 Å². The fourth-order valence-corrected chi connectivity index (χ4v) is 0.992. The van der Waals surface area contributed by atoms with Gasteiger partial charge in [-0.05, 0) is 6.42 Å². The van der Waals surface area contributed by atoms with E-state index in [1.54, 1.807) is 0 Å². The standard InChI is InChI=1S/C12H15O.BrH.Mg/c1-2-3-7-10-13-11-12-8-5-4-6-9-12;;/h3-8H,2,10-11H2,1H3;1H;/q-1;;+2/p-1/b7-3-;;. The number of hydrogen-bond donors (Lipinski definition) is 0. The van der Waals surface area contributed by atoms with Crippen molar-refractivity contribution in [2.75, 3.05) is 6.61 Å². The zero-order chi connectivity index (χ0) is 9.36. The summed E-state index contributed by atoms with van der Waals surface area (Å²) in [6, 6.07) is 11.0. The third-order valence-corrected chi connectivity index (χ3v) is 1.65. The van der Waals surface area contributed by atoms with Crippen molar-refractivity contribution in [1.29, 1.82) is 0 Å². The van der Waals surface area contributed by atoms with Gasteiger partial charge in [-0.3, -0.25) is 0 Å². The molecule has 1 aromatic rings. The van der Waals surface area contributed by atoms with Gasteiger partial charge in [0.05, 0.1) is 6.61 Å². The van der Waals surface area contributed by atoms with E-state index in [-0.39, 0.29) is 40.0 Å². The zero-order valence-corrected chi connectivity index (χ0v) is 12.1. The largest absolute Gasteiger partial charge is 2.00 e. The van der Waals surface area contributed by atoms with E-state index in [1.807, 2.05) is 30.3 Å². The van der Waals surface area contributed by atoms with Gasteiger partial charge in [-0.2, -0.15) is 30.3 Å². The first-order chi connectivity index (χ1) is 6.43. The molecule has 15 heavy (non-hydrogen) atoms. The van der Waals surface area contributed by atoms with Gasteiger partial charge < -0.3 is 21.7 Å². The molecule has 0 N–H and O–H groups in total. The van der Waals surface area contributed by atoms with Gasteiger partial charge in [-0.1, -0.05) is 19.1 Å². The molecule has 1 nitrogen and oxygen atoms in total. The maximum Gasteiger partial charge on any atom is 2.00 e. The third kappa shape index (κ3) is 9.12. The van der Waals surface area contributed by atoms with E-state index in [0.717, 1.165) is 12.0 Å². The van der Waals surface area contributed by atoms with Crippen LogP contribution in [0.3, 0.4) is 0 Å². The Hall–Kier alpha value is 0.166. The average Bonchev–Trinajstić information content (AvgIpc) is 2.19. The van der Waals surface area contributed by atoms with Crippen LogP contribution in [-0.4, -0.2) is 29.7 Å². The molecular formula is C12H15BrMgO. The zero-order valence-electron chi connectivity index (χ0n) is 9.08. The first-order valence-corrected chi connectivity index (χ1v) is 4.62. The van der Waals surface area contributed by atoms with Crippen molar-refractivity contribution < 1.29 is 21.7 Å². The fourth-order valence-electron chi connectivity index (χ4n) is 0.992. The molecule has 0 aliphatic rings. The molecule has 0 heterocycles. The molecule has 3 heteroatoms. The molecule has 0 fully saturated rings. The maximum atomic E-state index is 5.40. The van der Waals surface area contributed by atoms with E-state index < -0.39 is 0 Å². The van der Waals surface area contributed by atoms with Crippen molar-refractivity contribution >= 4 is 23.1 Å². The molecule has 1 rings (SSSR count). The van der Waals surface area contributed by atoms with Crippen LogP contribution in [0.4, 0.5) is 0 Å². The number of halogens is 1. The van der Waals surface area contributed by atoms with E-state index in [9.17, 15) is 0 Å². The molecule has 0 radical (unpaired) electrons. The molecule has 0 spiro atoms. The fraction of sp³-hybridized carbons (Fsp3) is 0.333. The number of hydrogen-bond acceptors (Lipinski definition) is 1. The molecular weight excluding hydrogens is 264 g/mol. The topological polar surface area (TPSA) is 9.23 Å². The predicted octanol–water partition coefficient (Wildman–Crippen LogP) is -0.407. The summed E-state index contributed by atoms with van der Waals surface area (Å²) in [6.07, 6.45) is 5.22. The number of benzene rings is 1. The summed E-state index contributed by atoms with van der Waals surface area (Å²) in [5, 5.41) is 0. The minimum Gasteiger partial charge on any atom is -1.00 e. The number of rotatable bonds is 5. The second-order valence-corrected chi connectivity index (χ2v) is 2.78. The van der Waals surface area contributed by atoms with Crippen LogP contribution in [0.1, 0.15) is 18.9 Å². The maximum absolute atomic E-state index is 5.40. The molecule has 0 aliphatic carbocycles. The molecule has 0 saturated carbocycles. The van der Waals surface area contributed by atoms with E-state index in [4.69, 9.17) is 4.74 Å². The van der Waals surface area contributed by atoms with Crippen LogP contribution in [0, 0.1) is 6.07 Å². The monoisotopic (exact) mass is 278 g/mol. The predicted molar refractivity (Wildman–Crippen MR) is 60.1 cm³/mol. The van der Waals surface area contributed by atoms with Crippen LogP contribution in [0.5, 0.6) is 0 Å². The summed E-state index contributed by atoms with van der Waals surface area (Å²) >= 11 is 0. The second kappa shape index (κ2) is 12.2. The smallest absolute Gasteiger partial charge is 1.00 e. The van der Waals surface area contributed by atoms with Crippen LogP contribution in [0.25, 0.3) is 0 Å². The summed E-state index contributed by atoms with van der Waals surface area (Å²) < 4.78 is 5.40. The van der Waals surface area contributed by atoms with Crippen molar-refractivity contribution in [3.8, 4) is 0 Å². The first kappa shape index (κ1) is 17.6. The Morgan fingerprint density at radius 3 is 2.73 bits per heavy atom. The Balaban J connectivity index is 0. The number of allylic oxidation sites excluding steroid dienone is 1. The Morgan fingerprint density at radius 1 is 1.33 bits per heavy atom. The van der Waals surface area contributed by atoms with Crippen LogP contribution < -0.4 is 17.0 Å². The van der Waals surface area contributed by atoms with E-state index in [2.05, 4.69) is 19.1 Å². The van der Waals surface area contributed by atoms with Gasteiger partial charge in [0.25, 0.3) is 0 Å². The minimum atomic E-state index is 0. The summed E-state index contributed by atoms with van der Waals surface area (Å²) in [5.41, 5.74) is 1.10. The molecule has 0 bridgehead atoms. The van der Waals surface area contributed by atoms with E-state index >= 15 is 0 Å². The quantitative estimate of drug-likeness (QED) is 0.308. The van der Waals surface area contributed by atoms with Gasteiger partial charge in [0.1, 0.15) is 0 Å². The molecule has 0 saturated heterocycles. The van der Waals surface area contributed by atoms with Crippen LogP contribution in [0.2, 0.25) is 0 Å². The summed E-state index contributed by atoms with van der Waals surface area (Å²) in [6.45, 7) is 3.45. The van der Waals surface area contributed by atoms with Crippen molar-refractivity contribution in [2.24, 2.45) is 0 Å². The van der Waals surface area contributed by atoms with Gasteiger partial charge in [0.15, 0.2) is 0 Å². The van der Waals surface area contributed by atoms with Crippen LogP contribution >= 0.6 is 0 Å². The Labute approximate surface area is 119 Å². The van der Waals surface area contributed by atoms with Crippen molar-refractivity contribution in [2.45, 2.75) is 20.0 Å².